The van der Waals surface area contributed by atoms with Gasteiger partial charge in [0.05, 0.1) is 21.4 Å². The molecule has 0 aliphatic heterocycles. The molecule has 6 nitrogen and oxygen atoms in total. The lowest BCUT2D eigenvalue weighted by atomic mass is 10.0. The van der Waals surface area contributed by atoms with Crippen LogP contribution < -0.4 is 5.56 Å². The van der Waals surface area contributed by atoms with Gasteiger partial charge in [-0.25, -0.2) is 4.98 Å². The van der Waals surface area contributed by atoms with Crippen LogP contribution in [0.3, 0.4) is 0 Å². The molecule has 0 bridgehead atoms. The first-order chi connectivity index (χ1) is 14.1. The van der Waals surface area contributed by atoms with Crippen molar-refractivity contribution < 1.29 is 13.0 Å². The SMILES string of the molecule is Cc1ccc(S(=O)(=O)O)c(-c2nc(C)n(-c3cccc(Cl)c3Cl)c(=O)c2C2CC2)c1. The third kappa shape index (κ3) is 3.67. The average molecular weight is 465 g/mol. The van der Waals surface area contributed by atoms with E-state index in [4.69, 9.17) is 23.2 Å². The number of benzene rings is 2. The van der Waals surface area contributed by atoms with Crippen LogP contribution in [0.4, 0.5) is 0 Å². The van der Waals surface area contributed by atoms with Gasteiger partial charge in [-0.15, -0.1) is 0 Å². The molecule has 1 fully saturated rings. The van der Waals surface area contributed by atoms with Gasteiger partial charge in [-0.05, 0) is 56.9 Å². The lowest BCUT2D eigenvalue weighted by Crippen LogP contribution is -2.27. The van der Waals surface area contributed by atoms with Crippen LogP contribution in [0.1, 0.15) is 35.7 Å². The molecule has 0 spiro atoms. The van der Waals surface area contributed by atoms with Gasteiger partial charge in [0.2, 0.25) is 0 Å². The van der Waals surface area contributed by atoms with Crippen molar-refractivity contribution in [1.29, 1.82) is 0 Å². The average Bonchev–Trinajstić information content (AvgIpc) is 3.48. The van der Waals surface area contributed by atoms with E-state index in [1.165, 1.54) is 10.6 Å². The Morgan fingerprint density at radius 1 is 1.13 bits per heavy atom. The summed E-state index contributed by atoms with van der Waals surface area (Å²) >= 11 is 12.5. The lowest BCUT2D eigenvalue weighted by molar-refractivity contribution is 0.483. The summed E-state index contributed by atoms with van der Waals surface area (Å²) in [4.78, 5) is 17.9. The molecule has 1 aliphatic carbocycles. The van der Waals surface area contributed by atoms with Gasteiger partial charge in [0.15, 0.2) is 0 Å². The van der Waals surface area contributed by atoms with Crippen molar-refractivity contribution >= 4 is 33.3 Å². The molecule has 0 atom stereocenters. The van der Waals surface area contributed by atoms with Crippen molar-refractivity contribution in [3.8, 4) is 16.9 Å². The van der Waals surface area contributed by atoms with Crippen LogP contribution in [0.25, 0.3) is 16.9 Å². The molecule has 156 valence electrons. The molecule has 0 saturated heterocycles. The zero-order chi connectivity index (χ0) is 21.8. The Morgan fingerprint density at radius 3 is 2.47 bits per heavy atom. The minimum absolute atomic E-state index is 0.0421. The number of halogens is 2. The van der Waals surface area contributed by atoms with Crippen molar-refractivity contribution in [2.75, 3.05) is 0 Å². The maximum absolute atomic E-state index is 13.6. The highest BCUT2D eigenvalue weighted by Crippen LogP contribution is 2.43. The Balaban J connectivity index is 2.08. The van der Waals surface area contributed by atoms with Gasteiger partial charge in [-0.3, -0.25) is 13.9 Å². The summed E-state index contributed by atoms with van der Waals surface area (Å²) in [5, 5.41) is 0.541. The van der Waals surface area contributed by atoms with E-state index in [0.717, 1.165) is 18.4 Å². The van der Waals surface area contributed by atoms with Crippen molar-refractivity contribution in [3.63, 3.8) is 0 Å². The summed E-state index contributed by atoms with van der Waals surface area (Å²) in [6.45, 7) is 3.44. The smallest absolute Gasteiger partial charge is 0.282 e. The van der Waals surface area contributed by atoms with Gasteiger partial charge in [-0.2, -0.15) is 8.42 Å². The second kappa shape index (κ2) is 7.50. The minimum atomic E-state index is -4.51. The van der Waals surface area contributed by atoms with E-state index in [9.17, 15) is 17.8 Å². The van der Waals surface area contributed by atoms with Gasteiger partial charge in [0.1, 0.15) is 10.7 Å². The molecule has 1 aliphatic rings. The van der Waals surface area contributed by atoms with Crippen LogP contribution in [-0.2, 0) is 10.1 Å². The van der Waals surface area contributed by atoms with Gasteiger partial charge >= 0.3 is 0 Å². The standard InChI is InChI=1S/C21H18Cl2N2O4S/c1-11-6-9-17(30(27,28)29)14(10-11)20-18(13-7-8-13)21(26)25(12(2)24-20)16-5-3-4-15(22)19(16)23/h3-6,9-10,13H,7-8H2,1-2H3,(H,27,28,29). The summed E-state index contributed by atoms with van der Waals surface area (Å²) in [5.41, 5.74) is 1.75. The predicted molar refractivity (Wildman–Crippen MR) is 117 cm³/mol. The summed E-state index contributed by atoms with van der Waals surface area (Å²) in [6.07, 6.45) is 1.59. The van der Waals surface area contributed by atoms with Gasteiger partial charge in [-0.1, -0.05) is 40.9 Å². The molecule has 3 aromatic rings. The summed E-state index contributed by atoms with van der Waals surface area (Å²) in [5.74, 6) is 0.283. The van der Waals surface area contributed by atoms with E-state index in [0.29, 0.717) is 22.1 Å². The van der Waals surface area contributed by atoms with Crippen molar-refractivity contribution in [2.45, 2.75) is 37.5 Å². The quantitative estimate of drug-likeness (QED) is 0.551. The molecule has 0 amide bonds. The number of rotatable bonds is 4. The predicted octanol–water partition coefficient (Wildman–Crippen LogP) is 4.95. The highest BCUT2D eigenvalue weighted by molar-refractivity contribution is 7.86. The summed E-state index contributed by atoms with van der Waals surface area (Å²) in [6, 6.07) is 9.53. The topological polar surface area (TPSA) is 89.3 Å². The number of hydrogen-bond donors (Lipinski definition) is 1. The fourth-order valence-electron chi connectivity index (χ4n) is 3.59. The van der Waals surface area contributed by atoms with Gasteiger partial charge in [0, 0.05) is 11.1 Å². The second-order valence-corrected chi connectivity index (χ2v) is 9.56. The summed E-state index contributed by atoms with van der Waals surface area (Å²) < 4.78 is 35.1. The van der Waals surface area contributed by atoms with E-state index in [1.807, 2.05) is 0 Å². The summed E-state index contributed by atoms with van der Waals surface area (Å²) in [7, 11) is -4.51. The Hall–Kier alpha value is -2.19. The number of aryl methyl sites for hydroxylation is 2. The Labute approximate surface area is 183 Å². The van der Waals surface area contributed by atoms with Crippen molar-refractivity contribution in [1.82, 2.24) is 9.55 Å². The van der Waals surface area contributed by atoms with Crippen LogP contribution in [0.15, 0.2) is 46.1 Å². The Kier molecular flexibility index (Phi) is 5.26. The lowest BCUT2D eigenvalue weighted by Gasteiger charge is -2.18. The molecule has 2 aromatic carbocycles. The monoisotopic (exact) mass is 464 g/mol. The van der Waals surface area contributed by atoms with Gasteiger partial charge in [0.25, 0.3) is 15.7 Å². The molecule has 30 heavy (non-hydrogen) atoms. The zero-order valence-electron chi connectivity index (χ0n) is 16.2. The van der Waals surface area contributed by atoms with Crippen LogP contribution in [-0.4, -0.2) is 22.5 Å². The molecular formula is C21H18Cl2N2O4S. The maximum Gasteiger partial charge on any atom is 0.295 e. The zero-order valence-corrected chi connectivity index (χ0v) is 18.5. The first kappa shape index (κ1) is 21.1. The van der Waals surface area contributed by atoms with Crippen LogP contribution in [0.2, 0.25) is 10.0 Å². The molecule has 9 heteroatoms. The van der Waals surface area contributed by atoms with Gasteiger partial charge < -0.3 is 0 Å². The number of nitrogens with zero attached hydrogens (tertiary/aromatic N) is 2. The molecule has 1 saturated carbocycles. The molecule has 0 unspecified atom stereocenters. The van der Waals surface area contributed by atoms with E-state index in [2.05, 4.69) is 4.98 Å². The molecular weight excluding hydrogens is 447 g/mol. The van der Waals surface area contributed by atoms with E-state index in [-0.39, 0.29) is 32.7 Å². The molecule has 0 radical (unpaired) electrons. The third-order valence-electron chi connectivity index (χ3n) is 5.11. The maximum atomic E-state index is 13.6. The first-order valence-electron chi connectivity index (χ1n) is 9.26. The molecule has 1 heterocycles. The number of aromatic nitrogens is 2. The van der Waals surface area contributed by atoms with E-state index >= 15 is 0 Å². The third-order valence-corrected chi connectivity index (χ3v) is 6.83. The highest BCUT2D eigenvalue weighted by Gasteiger charge is 2.34. The normalized spacial score (nSPS) is 14.2. The fraction of sp³-hybridized carbons (Fsp3) is 0.238. The minimum Gasteiger partial charge on any atom is -0.282 e. The Bertz CT molecular complexity index is 1350. The fourth-order valence-corrected chi connectivity index (χ4v) is 4.64. The van der Waals surface area contributed by atoms with Crippen LogP contribution >= 0.6 is 23.2 Å². The van der Waals surface area contributed by atoms with Crippen LogP contribution in [0, 0.1) is 13.8 Å². The second-order valence-electron chi connectivity index (χ2n) is 7.38. The van der Waals surface area contributed by atoms with Crippen molar-refractivity contribution in [2.24, 2.45) is 0 Å². The largest absolute Gasteiger partial charge is 0.295 e. The Morgan fingerprint density at radius 2 is 1.83 bits per heavy atom. The molecule has 1 N–H and O–H groups in total. The van der Waals surface area contributed by atoms with E-state index < -0.39 is 10.1 Å². The van der Waals surface area contributed by atoms with Crippen molar-refractivity contribution in [3.05, 3.63) is 73.7 Å². The molecule has 4 rings (SSSR count). The van der Waals surface area contributed by atoms with E-state index in [1.54, 1.807) is 44.2 Å². The van der Waals surface area contributed by atoms with Crippen LogP contribution in [0.5, 0.6) is 0 Å². The number of hydrogen-bond acceptors (Lipinski definition) is 4. The first-order valence-corrected chi connectivity index (χ1v) is 11.5. The molecule has 1 aromatic heterocycles. The highest BCUT2D eigenvalue weighted by atomic mass is 35.5.